The van der Waals surface area contributed by atoms with Crippen molar-refractivity contribution in [3.63, 3.8) is 0 Å². The molecule has 15 heteroatoms. The summed E-state index contributed by atoms with van der Waals surface area (Å²) in [6, 6.07) is 0. The number of carbonyl (C=O) groups is 6. The van der Waals surface area contributed by atoms with Crippen LogP contribution in [0.4, 0.5) is 0 Å². The predicted molar refractivity (Wildman–Crippen MR) is 171 cm³/mol. The topological polar surface area (TPSA) is 221 Å². The van der Waals surface area contributed by atoms with Gasteiger partial charge >= 0.3 is 23.9 Å². The molecule has 1 aliphatic heterocycles. The van der Waals surface area contributed by atoms with Crippen molar-refractivity contribution >= 4 is 35.6 Å². The van der Waals surface area contributed by atoms with Crippen molar-refractivity contribution in [1.29, 1.82) is 0 Å². The zero-order chi connectivity index (χ0) is 37.7. The average Bonchev–Trinajstić information content (AvgIpc) is 2.97. The molecule has 0 radical (unpaired) electrons. The average molecular weight is 708 g/mol. The van der Waals surface area contributed by atoms with Gasteiger partial charge in [-0.1, -0.05) is 19.4 Å². The molecule has 1 unspecified atom stereocenters. The summed E-state index contributed by atoms with van der Waals surface area (Å²) in [5, 5.41) is 37.9. The molecule has 4 rings (SSSR count). The summed E-state index contributed by atoms with van der Waals surface area (Å²) in [7, 11) is 0.964. The Hall–Kier alpha value is -3.82. The molecule has 0 aromatic rings. The summed E-state index contributed by atoms with van der Waals surface area (Å²) in [5.74, 6) is -8.44. The van der Waals surface area contributed by atoms with Gasteiger partial charge in [-0.3, -0.25) is 14.4 Å². The molecule has 0 bridgehead atoms. The number of carbonyl (C=O) groups excluding carboxylic acids is 6. The number of aliphatic hydroxyl groups is 3. The fourth-order valence-electron chi connectivity index (χ4n) is 8.90. The van der Waals surface area contributed by atoms with Crippen LogP contribution in [0.2, 0.25) is 0 Å². The first-order valence-electron chi connectivity index (χ1n) is 16.6. The zero-order valence-electron chi connectivity index (χ0n) is 30.0. The van der Waals surface area contributed by atoms with Crippen LogP contribution < -0.4 is 5.32 Å². The van der Waals surface area contributed by atoms with Gasteiger partial charge in [-0.2, -0.15) is 0 Å². The molecule has 15 nitrogen and oxygen atoms in total. The summed E-state index contributed by atoms with van der Waals surface area (Å²) in [5.41, 5.74) is -5.38. The molecule has 4 aliphatic rings. The number of ether oxygens (including phenoxy) is 5. The number of methoxy groups -OCH3 is 1. The van der Waals surface area contributed by atoms with Crippen LogP contribution in [-0.4, -0.2) is 107 Å². The normalized spacial score (nSPS) is 36.2. The van der Waals surface area contributed by atoms with Crippen molar-refractivity contribution in [3.05, 3.63) is 23.0 Å². The molecule has 1 saturated heterocycles. The number of ketones is 1. The lowest BCUT2D eigenvalue weighted by molar-refractivity contribution is -0.329. The van der Waals surface area contributed by atoms with Crippen LogP contribution in [0.15, 0.2) is 23.0 Å². The number of Topliss-reactive ketones (excluding diaryl/α,β-unsaturated/α-hetero) is 1. The first kappa shape index (κ1) is 39.0. The molecule has 0 spiro atoms. The van der Waals surface area contributed by atoms with Crippen LogP contribution in [-0.2, 0) is 52.5 Å². The Morgan fingerprint density at radius 3 is 2.30 bits per heavy atom. The second-order valence-corrected chi connectivity index (χ2v) is 15.5. The summed E-state index contributed by atoms with van der Waals surface area (Å²) >= 11 is 0. The van der Waals surface area contributed by atoms with Gasteiger partial charge in [0.05, 0.1) is 25.6 Å². The molecule has 50 heavy (non-hydrogen) atoms. The highest BCUT2D eigenvalue weighted by atomic mass is 16.6. The van der Waals surface area contributed by atoms with Crippen molar-refractivity contribution in [3.8, 4) is 0 Å². The Morgan fingerprint density at radius 1 is 1.08 bits per heavy atom. The number of rotatable bonds is 9. The number of amides is 1. The monoisotopic (exact) mass is 707 g/mol. The van der Waals surface area contributed by atoms with Crippen molar-refractivity contribution < 1.29 is 67.8 Å². The molecule has 278 valence electrons. The van der Waals surface area contributed by atoms with Crippen LogP contribution in [0.25, 0.3) is 0 Å². The Bertz CT molecular complexity index is 1510. The summed E-state index contributed by atoms with van der Waals surface area (Å²) < 4.78 is 27.2. The number of esters is 4. The SMILES string of the molecule is COC(=O)[C@@]1(O)[C@@H](O)[C@H](O)C2[C@@]3(C)[C@@H](C[C@H]4C(C)=C(OCC(=O)NCCC(=O)OC(C)(C)C)C(=O)C[C@]24C)OC(=O)[C@H](OC(=O)C=C(C)C)[C@@H]13. The lowest BCUT2D eigenvalue weighted by Gasteiger charge is -2.69. The van der Waals surface area contributed by atoms with Gasteiger partial charge in [-0.15, -0.1) is 0 Å². The molecule has 0 aromatic carbocycles. The van der Waals surface area contributed by atoms with Crippen molar-refractivity contribution in [2.75, 3.05) is 20.3 Å². The number of hydrogen-bond acceptors (Lipinski definition) is 14. The van der Waals surface area contributed by atoms with Gasteiger partial charge in [-0.05, 0) is 64.9 Å². The highest BCUT2D eigenvalue weighted by molar-refractivity contribution is 5.96. The minimum atomic E-state index is -2.93. The van der Waals surface area contributed by atoms with E-state index < -0.39 is 106 Å². The van der Waals surface area contributed by atoms with Gasteiger partial charge in [0.25, 0.3) is 5.91 Å². The van der Waals surface area contributed by atoms with Gasteiger partial charge in [0.2, 0.25) is 6.10 Å². The first-order chi connectivity index (χ1) is 23.0. The van der Waals surface area contributed by atoms with Crippen LogP contribution >= 0.6 is 0 Å². The van der Waals surface area contributed by atoms with E-state index in [0.29, 0.717) is 11.1 Å². The lowest BCUT2D eigenvalue weighted by Crippen LogP contribution is -2.81. The molecule has 3 fully saturated rings. The predicted octanol–water partition coefficient (Wildman–Crippen LogP) is 0.806. The molecular formula is C35H49NO14. The number of allylic oxidation sites excluding steroid dienone is 3. The van der Waals surface area contributed by atoms with Gasteiger partial charge < -0.3 is 44.3 Å². The van der Waals surface area contributed by atoms with E-state index >= 15 is 0 Å². The van der Waals surface area contributed by atoms with E-state index in [1.165, 1.54) is 0 Å². The fraction of sp³-hybridized carbons (Fsp3) is 0.714. The maximum absolute atomic E-state index is 13.8. The Balaban J connectivity index is 1.68. The van der Waals surface area contributed by atoms with E-state index in [4.69, 9.17) is 23.7 Å². The lowest BCUT2D eigenvalue weighted by atomic mass is 9.37. The minimum Gasteiger partial charge on any atom is -0.480 e. The van der Waals surface area contributed by atoms with E-state index in [1.807, 2.05) is 0 Å². The maximum atomic E-state index is 13.8. The van der Waals surface area contributed by atoms with Gasteiger partial charge in [0.1, 0.15) is 17.8 Å². The number of aliphatic hydroxyl groups excluding tert-OH is 2. The van der Waals surface area contributed by atoms with E-state index in [1.54, 1.807) is 55.4 Å². The highest BCUT2D eigenvalue weighted by Crippen LogP contribution is 2.69. The Labute approximate surface area is 290 Å². The Kier molecular flexibility index (Phi) is 10.7. The van der Waals surface area contributed by atoms with Crippen molar-refractivity contribution in [2.24, 2.45) is 28.6 Å². The maximum Gasteiger partial charge on any atom is 0.348 e. The molecule has 10 atom stereocenters. The standard InChI is InChI=1S/C35H49NO14/c1-16(2)12-23(40)49-26-28-34(8)20(48-30(26)43)13-18-17(3)25(47-15-21(38)36-11-10-22(39)50-32(4,5)6)19(37)14-33(18,7)27(34)24(41)29(42)35(28,45)31(44)46-9/h12,18,20,24,26-29,41-42,45H,10-11,13-15H2,1-9H3,(H,36,38)/t18-,20+,24+,26+,27?,28+,29-,33-,34+,35-/m0/s1. The van der Waals surface area contributed by atoms with E-state index in [0.717, 1.165) is 13.2 Å². The number of fused-ring (bicyclic) bond motifs is 2. The van der Waals surface area contributed by atoms with Crippen molar-refractivity contribution in [2.45, 2.75) is 110 Å². The number of nitrogens with one attached hydrogen (secondary N) is 1. The summed E-state index contributed by atoms with van der Waals surface area (Å²) in [4.78, 5) is 78.0. The van der Waals surface area contributed by atoms with Crippen LogP contribution in [0, 0.1) is 28.6 Å². The Morgan fingerprint density at radius 2 is 1.72 bits per heavy atom. The smallest absolute Gasteiger partial charge is 0.348 e. The van der Waals surface area contributed by atoms with E-state index in [9.17, 15) is 44.1 Å². The minimum absolute atomic E-state index is 0.0129. The van der Waals surface area contributed by atoms with Crippen molar-refractivity contribution in [1.82, 2.24) is 5.32 Å². The molecular weight excluding hydrogens is 658 g/mol. The van der Waals surface area contributed by atoms with E-state index in [2.05, 4.69) is 5.32 Å². The zero-order valence-corrected chi connectivity index (χ0v) is 30.0. The molecule has 2 saturated carbocycles. The summed E-state index contributed by atoms with van der Waals surface area (Å²) in [6.45, 7) is 12.8. The van der Waals surface area contributed by atoms with E-state index in [-0.39, 0.29) is 31.6 Å². The third-order valence-electron chi connectivity index (χ3n) is 10.6. The van der Waals surface area contributed by atoms with Gasteiger partial charge in [0, 0.05) is 30.4 Å². The number of hydrogen-bond donors (Lipinski definition) is 4. The first-order valence-corrected chi connectivity index (χ1v) is 16.6. The van der Waals surface area contributed by atoms with Crippen LogP contribution in [0.3, 0.4) is 0 Å². The molecule has 1 heterocycles. The highest BCUT2D eigenvalue weighted by Gasteiger charge is 2.79. The van der Waals surface area contributed by atoms with Gasteiger partial charge in [0.15, 0.2) is 23.8 Å². The molecule has 1 amide bonds. The quantitative estimate of drug-likeness (QED) is 0.148. The third kappa shape index (κ3) is 6.66. The second kappa shape index (κ2) is 13.7. The third-order valence-corrected chi connectivity index (χ3v) is 10.6. The largest absolute Gasteiger partial charge is 0.480 e. The van der Waals surface area contributed by atoms with Crippen LogP contribution in [0.5, 0.6) is 0 Å². The van der Waals surface area contributed by atoms with Crippen LogP contribution in [0.1, 0.15) is 74.7 Å². The second-order valence-electron chi connectivity index (χ2n) is 15.5. The fourth-order valence-corrected chi connectivity index (χ4v) is 8.90. The molecule has 3 aliphatic carbocycles. The summed E-state index contributed by atoms with van der Waals surface area (Å²) in [6.07, 6.45) is -6.25. The molecule has 4 N–H and O–H groups in total. The van der Waals surface area contributed by atoms with Gasteiger partial charge in [-0.25, -0.2) is 14.4 Å². The molecule has 0 aromatic heterocycles.